The second-order valence-electron chi connectivity index (χ2n) is 4.32. The number of halogens is 1. The van der Waals surface area contributed by atoms with E-state index in [-0.39, 0.29) is 6.10 Å². The molecule has 1 aromatic rings. The Labute approximate surface area is 101 Å². The lowest BCUT2D eigenvalue weighted by Gasteiger charge is -2.19. The molecule has 0 saturated carbocycles. The van der Waals surface area contributed by atoms with Crippen LogP contribution in [0.1, 0.15) is 25.1 Å². The quantitative estimate of drug-likeness (QED) is 0.780. The van der Waals surface area contributed by atoms with E-state index in [1.54, 1.807) is 6.92 Å². The van der Waals surface area contributed by atoms with Crippen molar-refractivity contribution in [3.63, 3.8) is 0 Å². The topological polar surface area (TPSA) is 56.6 Å². The Bertz CT molecular complexity index is 330. The summed E-state index contributed by atoms with van der Waals surface area (Å²) in [5.41, 5.74) is 0.469. The molecule has 1 aromatic heterocycles. The van der Waals surface area contributed by atoms with Crippen LogP contribution in [0.5, 0.6) is 0 Å². The molecule has 4 nitrogen and oxygen atoms in total. The van der Waals surface area contributed by atoms with Gasteiger partial charge in [0.25, 0.3) is 0 Å². The van der Waals surface area contributed by atoms with Gasteiger partial charge in [0.2, 0.25) is 0 Å². The molecule has 2 unspecified atom stereocenters. The van der Waals surface area contributed by atoms with Crippen molar-refractivity contribution >= 4 is 0 Å². The zero-order valence-electron chi connectivity index (χ0n) is 10.2. The van der Waals surface area contributed by atoms with Crippen LogP contribution in [0.15, 0.2) is 18.3 Å². The minimum atomic E-state index is -0.702. The Morgan fingerprint density at radius 2 is 2.12 bits per heavy atom. The molecular formula is C12H19FN2O2. The number of nitrogens with zero attached hydrogens (tertiary/aromatic N) is 2. The first-order valence-corrected chi connectivity index (χ1v) is 5.65. The van der Waals surface area contributed by atoms with Gasteiger partial charge < -0.3 is 15.1 Å². The van der Waals surface area contributed by atoms with Gasteiger partial charge in [-0.25, -0.2) is 4.39 Å². The van der Waals surface area contributed by atoms with Crippen LogP contribution in [0.25, 0.3) is 0 Å². The second kappa shape index (κ2) is 6.64. The lowest BCUT2D eigenvalue weighted by molar-refractivity contribution is 0.114. The highest BCUT2D eigenvalue weighted by Crippen LogP contribution is 2.14. The number of aliphatic hydroxyl groups is 2. The van der Waals surface area contributed by atoms with Gasteiger partial charge in [0, 0.05) is 13.1 Å². The fraction of sp³-hybridized carbons (Fsp3) is 0.583. The molecule has 2 atom stereocenters. The Morgan fingerprint density at radius 1 is 1.41 bits per heavy atom. The fourth-order valence-electron chi connectivity index (χ4n) is 1.62. The van der Waals surface area contributed by atoms with Crippen LogP contribution in [0.2, 0.25) is 0 Å². The van der Waals surface area contributed by atoms with E-state index in [0.29, 0.717) is 25.2 Å². The SMILES string of the molecule is CC(O)CN(C)CCC(O)c1ccc(F)cn1. The largest absolute Gasteiger partial charge is 0.392 e. The van der Waals surface area contributed by atoms with Crippen LogP contribution in [-0.2, 0) is 0 Å². The van der Waals surface area contributed by atoms with E-state index < -0.39 is 11.9 Å². The van der Waals surface area contributed by atoms with E-state index >= 15 is 0 Å². The zero-order valence-corrected chi connectivity index (χ0v) is 10.2. The van der Waals surface area contributed by atoms with Crippen molar-refractivity contribution in [2.45, 2.75) is 25.6 Å². The lowest BCUT2D eigenvalue weighted by Crippen LogP contribution is -2.29. The van der Waals surface area contributed by atoms with Gasteiger partial charge in [-0.2, -0.15) is 0 Å². The first-order valence-electron chi connectivity index (χ1n) is 5.65. The van der Waals surface area contributed by atoms with Gasteiger partial charge >= 0.3 is 0 Å². The van der Waals surface area contributed by atoms with E-state index in [4.69, 9.17) is 0 Å². The summed E-state index contributed by atoms with van der Waals surface area (Å²) in [6, 6.07) is 2.76. The van der Waals surface area contributed by atoms with Gasteiger partial charge in [0.15, 0.2) is 0 Å². The van der Waals surface area contributed by atoms with Gasteiger partial charge in [0.05, 0.1) is 24.1 Å². The summed E-state index contributed by atoms with van der Waals surface area (Å²) in [5.74, 6) is -0.410. The highest BCUT2D eigenvalue weighted by atomic mass is 19.1. The van der Waals surface area contributed by atoms with Crippen LogP contribution >= 0.6 is 0 Å². The third-order valence-electron chi connectivity index (χ3n) is 2.45. The third kappa shape index (κ3) is 5.21. The highest BCUT2D eigenvalue weighted by molar-refractivity contribution is 5.07. The van der Waals surface area contributed by atoms with E-state index in [9.17, 15) is 14.6 Å². The van der Waals surface area contributed by atoms with Crippen molar-refractivity contribution in [2.75, 3.05) is 20.1 Å². The molecule has 1 rings (SSSR count). The Morgan fingerprint density at radius 3 is 2.65 bits per heavy atom. The summed E-state index contributed by atoms with van der Waals surface area (Å²) in [5, 5.41) is 19.0. The number of pyridine rings is 1. The molecule has 96 valence electrons. The Kier molecular flexibility index (Phi) is 5.47. The van der Waals surface area contributed by atoms with Crippen LogP contribution < -0.4 is 0 Å². The van der Waals surface area contributed by atoms with Gasteiger partial charge in [-0.15, -0.1) is 0 Å². The van der Waals surface area contributed by atoms with Crippen LogP contribution in [-0.4, -0.2) is 46.3 Å². The molecule has 0 aromatic carbocycles. The van der Waals surface area contributed by atoms with Gasteiger partial charge in [-0.3, -0.25) is 4.98 Å². The molecule has 0 amide bonds. The van der Waals surface area contributed by atoms with Crippen LogP contribution in [0.3, 0.4) is 0 Å². The molecule has 0 fully saturated rings. The summed E-state index contributed by atoms with van der Waals surface area (Å²) < 4.78 is 12.6. The third-order valence-corrected chi connectivity index (χ3v) is 2.45. The first kappa shape index (κ1) is 14.0. The van der Waals surface area contributed by atoms with Gasteiger partial charge in [-0.1, -0.05) is 0 Å². The average Bonchev–Trinajstić information content (AvgIpc) is 2.26. The molecule has 5 heteroatoms. The molecule has 0 aliphatic rings. The van der Waals surface area contributed by atoms with Crippen molar-refractivity contribution in [3.8, 4) is 0 Å². The van der Waals surface area contributed by atoms with Crippen molar-refractivity contribution in [2.24, 2.45) is 0 Å². The summed E-state index contributed by atoms with van der Waals surface area (Å²) >= 11 is 0. The average molecular weight is 242 g/mol. The normalized spacial score (nSPS) is 14.9. The molecule has 0 saturated heterocycles. The van der Waals surface area contributed by atoms with Crippen molar-refractivity contribution < 1.29 is 14.6 Å². The zero-order chi connectivity index (χ0) is 12.8. The molecule has 0 spiro atoms. The molecule has 0 aliphatic heterocycles. The van der Waals surface area contributed by atoms with Gasteiger partial charge in [0.1, 0.15) is 5.82 Å². The smallest absolute Gasteiger partial charge is 0.141 e. The number of hydrogen-bond acceptors (Lipinski definition) is 4. The Balaban J connectivity index is 2.39. The molecule has 2 N–H and O–H groups in total. The predicted molar refractivity (Wildman–Crippen MR) is 62.9 cm³/mol. The van der Waals surface area contributed by atoms with E-state index in [0.717, 1.165) is 6.20 Å². The molecule has 0 aliphatic carbocycles. The van der Waals surface area contributed by atoms with Crippen molar-refractivity contribution in [3.05, 3.63) is 29.8 Å². The minimum Gasteiger partial charge on any atom is -0.392 e. The number of hydrogen-bond donors (Lipinski definition) is 2. The lowest BCUT2D eigenvalue weighted by atomic mass is 10.1. The molecular weight excluding hydrogens is 223 g/mol. The number of rotatable bonds is 6. The monoisotopic (exact) mass is 242 g/mol. The summed E-state index contributed by atoms with van der Waals surface area (Å²) in [6.07, 6.45) is 0.507. The maximum Gasteiger partial charge on any atom is 0.141 e. The standard InChI is InChI=1S/C12H19FN2O2/c1-9(16)8-15(2)6-5-12(17)11-4-3-10(13)7-14-11/h3-4,7,9,12,16-17H,5-6,8H2,1-2H3. The first-order chi connectivity index (χ1) is 7.99. The van der Waals surface area contributed by atoms with E-state index in [1.807, 2.05) is 11.9 Å². The summed E-state index contributed by atoms with van der Waals surface area (Å²) in [4.78, 5) is 5.75. The van der Waals surface area contributed by atoms with Crippen molar-refractivity contribution in [1.29, 1.82) is 0 Å². The molecule has 0 radical (unpaired) electrons. The van der Waals surface area contributed by atoms with E-state index in [1.165, 1.54) is 12.1 Å². The van der Waals surface area contributed by atoms with Gasteiger partial charge in [-0.05, 0) is 32.5 Å². The molecule has 17 heavy (non-hydrogen) atoms. The fourth-order valence-corrected chi connectivity index (χ4v) is 1.62. The molecule has 0 bridgehead atoms. The summed E-state index contributed by atoms with van der Waals surface area (Å²) in [7, 11) is 1.87. The second-order valence-corrected chi connectivity index (χ2v) is 4.32. The minimum absolute atomic E-state index is 0.388. The number of aromatic nitrogens is 1. The van der Waals surface area contributed by atoms with Crippen LogP contribution in [0, 0.1) is 5.82 Å². The highest BCUT2D eigenvalue weighted by Gasteiger charge is 2.11. The number of likely N-dealkylation sites (N-methyl/N-ethyl adjacent to an activating group) is 1. The maximum absolute atomic E-state index is 12.6. The molecule has 1 heterocycles. The van der Waals surface area contributed by atoms with Crippen molar-refractivity contribution in [1.82, 2.24) is 9.88 Å². The van der Waals surface area contributed by atoms with E-state index in [2.05, 4.69) is 4.98 Å². The van der Waals surface area contributed by atoms with Crippen LogP contribution in [0.4, 0.5) is 4.39 Å². The summed E-state index contributed by atoms with van der Waals surface area (Å²) in [6.45, 7) is 2.92. The number of aliphatic hydroxyl groups excluding tert-OH is 2. The maximum atomic E-state index is 12.6. The Hall–Kier alpha value is -1.04. The predicted octanol–water partition coefficient (Wildman–Crippen LogP) is 0.957.